The van der Waals surface area contributed by atoms with Crippen molar-refractivity contribution in [3.05, 3.63) is 35.4 Å². The van der Waals surface area contributed by atoms with Crippen molar-refractivity contribution >= 4 is 0 Å². The first-order valence-electron chi connectivity index (χ1n) is 5.11. The molecule has 1 aliphatic carbocycles. The Morgan fingerprint density at radius 2 is 1.36 bits per heavy atom. The van der Waals surface area contributed by atoms with Crippen LogP contribution >= 0.6 is 0 Å². The second-order valence-corrected chi connectivity index (χ2v) is 4.67. The highest BCUT2D eigenvalue weighted by atomic mass is 17.2. The van der Waals surface area contributed by atoms with E-state index in [4.69, 9.17) is 9.78 Å². The van der Waals surface area contributed by atoms with E-state index in [1.807, 2.05) is 0 Å². The van der Waals surface area contributed by atoms with Crippen LogP contribution in [-0.4, -0.2) is 0 Å². The van der Waals surface area contributed by atoms with Crippen molar-refractivity contribution in [1.29, 1.82) is 0 Å². The summed E-state index contributed by atoms with van der Waals surface area (Å²) in [6, 6.07) is 8.43. The van der Waals surface area contributed by atoms with Gasteiger partial charge in [-0.3, -0.25) is 0 Å². The molecule has 1 aromatic rings. The Morgan fingerprint density at radius 1 is 0.929 bits per heavy atom. The van der Waals surface area contributed by atoms with Crippen LogP contribution in [0.25, 0.3) is 0 Å². The van der Waals surface area contributed by atoms with Gasteiger partial charge in [-0.2, -0.15) is 0 Å². The SMILES string of the molecule is CC12CCC(C)(OO1)c1ccccc12. The van der Waals surface area contributed by atoms with E-state index >= 15 is 0 Å². The molecule has 14 heavy (non-hydrogen) atoms. The highest BCUT2D eigenvalue weighted by Gasteiger charge is 2.50. The molecule has 2 aliphatic heterocycles. The van der Waals surface area contributed by atoms with Crippen molar-refractivity contribution in [3.63, 3.8) is 0 Å². The Morgan fingerprint density at radius 3 is 1.71 bits per heavy atom. The maximum Gasteiger partial charge on any atom is 0.126 e. The summed E-state index contributed by atoms with van der Waals surface area (Å²) in [5.74, 6) is 0. The minimum atomic E-state index is -0.228. The monoisotopic (exact) mass is 190 g/mol. The molecule has 2 nitrogen and oxygen atoms in total. The molecular weight excluding hydrogens is 176 g/mol. The fourth-order valence-electron chi connectivity index (χ4n) is 2.51. The van der Waals surface area contributed by atoms with E-state index in [9.17, 15) is 0 Å². The highest BCUT2D eigenvalue weighted by Crippen LogP contribution is 2.52. The Hall–Kier alpha value is -0.860. The molecule has 74 valence electrons. The molecule has 0 spiro atoms. The molecular formula is C12H14O2. The van der Waals surface area contributed by atoms with Crippen LogP contribution in [-0.2, 0) is 21.0 Å². The Balaban J connectivity index is 2.28. The molecule has 0 N–H and O–H groups in total. The van der Waals surface area contributed by atoms with Gasteiger partial charge in [0.1, 0.15) is 11.2 Å². The Labute approximate surface area is 83.8 Å². The molecule has 2 heteroatoms. The molecule has 0 aromatic heterocycles. The van der Waals surface area contributed by atoms with E-state index in [-0.39, 0.29) is 11.2 Å². The van der Waals surface area contributed by atoms with E-state index in [1.54, 1.807) is 0 Å². The van der Waals surface area contributed by atoms with Gasteiger partial charge in [0.2, 0.25) is 0 Å². The number of hydrogen-bond acceptors (Lipinski definition) is 2. The lowest BCUT2D eigenvalue weighted by molar-refractivity contribution is -0.455. The van der Waals surface area contributed by atoms with Crippen LogP contribution in [0.1, 0.15) is 37.8 Å². The molecule has 0 amide bonds. The normalized spacial score (nSPS) is 39.6. The minimum Gasteiger partial charge on any atom is -0.225 e. The number of fused-ring (bicyclic) bond motifs is 2. The second kappa shape index (κ2) is 2.38. The van der Waals surface area contributed by atoms with E-state index in [1.165, 1.54) is 11.1 Å². The molecule has 0 radical (unpaired) electrons. The highest BCUT2D eigenvalue weighted by molar-refractivity contribution is 5.39. The maximum atomic E-state index is 5.49. The standard InChI is InChI=1S/C12H14O2/c1-11-7-8-12(2,14-13-11)10-6-4-3-5-9(10)11/h3-6H,7-8H2,1-2H3. The molecule has 2 heterocycles. The lowest BCUT2D eigenvalue weighted by atomic mass is 9.72. The average molecular weight is 190 g/mol. The third-order valence-electron chi connectivity index (χ3n) is 3.56. The topological polar surface area (TPSA) is 18.5 Å². The van der Waals surface area contributed by atoms with E-state index < -0.39 is 0 Å². The molecule has 1 fully saturated rings. The third kappa shape index (κ3) is 0.877. The predicted molar refractivity (Wildman–Crippen MR) is 52.6 cm³/mol. The largest absolute Gasteiger partial charge is 0.225 e. The number of hydrogen-bond donors (Lipinski definition) is 0. The van der Waals surface area contributed by atoms with Gasteiger partial charge in [0, 0.05) is 0 Å². The summed E-state index contributed by atoms with van der Waals surface area (Å²) in [5, 5.41) is 0. The summed E-state index contributed by atoms with van der Waals surface area (Å²) in [6.07, 6.45) is 2.08. The van der Waals surface area contributed by atoms with Crippen molar-refractivity contribution in [1.82, 2.24) is 0 Å². The van der Waals surface area contributed by atoms with Crippen molar-refractivity contribution in [2.45, 2.75) is 37.9 Å². The van der Waals surface area contributed by atoms with Gasteiger partial charge in [0.15, 0.2) is 0 Å². The smallest absolute Gasteiger partial charge is 0.126 e. The summed E-state index contributed by atoms with van der Waals surface area (Å²) in [7, 11) is 0. The van der Waals surface area contributed by atoms with E-state index in [0.717, 1.165) is 12.8 Å². The molecule has 3 aliphatic rings. The van der Waals surface area contributed by atoms with Gasteiger partial charge in [0.25, 0.3) is 0 Å². The summed E-state index contributed by atoms with van der Waals surface area (Å²) < 4.78 is 0. The van der Waals surface area contributed by atoms with Gasteiger partial charge in [-0.15, -0.1) is 0 Å². The van der Waals surface area contributed by atoms with Crippen LogP contribution in [0.5, 0.6) is 0 Å². The van der Waals surface area contributed by atoms with Crippen molar-refractivity contribution < 1.29 is 9.78 Å². The van der Waals surface area contributed by atoms with Crippen LogP contribution < -0.4 is 0 Å². The van der Waals surface area contributed by atoms with Crippen LogP contribution in [0.2, 0.25) is 0 Å². The molecule has 1 saturated heterocycles. The van der Waals surface area contributed by atoms with Gasteiger partial charge in [-0.1, -0.05) is 24.3 Å². The van der Waals surface area contributed by atoms with Crippen molar-refractivity contribution in [3.8, 4) is 0 Å². The minimum absolute atomic E-state index is 0.228. The predicted octanol–water partition coefficient (Wildman–Crippen LogP) is 2.87. The zero-order valence-electron chi connectivity index (χ0n) is 8.54. The average Bonchev–Trinajstić information content (AvgIpc) is 2.22. The third-order valence-corrected chi connectivity index (χ3v) is 3.56. The maximum absolute atomic E-state index is 5.49. The summed E-state index contributed by atoms with van der Waals surface area (Å²) in [4.78, 5) is 11.0. The summed E-state index contributed by atoms with van der Waals surface area (Å²) in [5.41, 5.74) is 2.13. The van der Waals surface area contributed by atoms with Crippen LogP contribution in [0.4, 0.5) is 0 Å². The summed E-state index contributed by atoms with van der Waals surface area (Å²) in [6.45, 7) is 4.20. The Kier molecular flexibility index (Phi) is 1.44. The van der Waals surface area contributed by atoms with Gasteiger partial charge in [0.05, 0.1) is 0 Å². The van der Waals surface area contributed by atoms with Crippen molar-refractivity contribution in [2.75, 3.05) is 0 Å². The van der Waals surface area contributed by atoms with Gasteiger partial charge in [-0.25, -0.2) is 9.78 Å². The first-order valence-corrected chi connectivity index (χ1v) is 5.11. The summed E-state index contributed by atoms with van der Waals surface area (Å²) >= 11 is 0. The fraction of sp³-hybridized carbons (Fsp3) is 0.500. The molecule has 0 saturated carbocycles. The zero-order chi connectivity index (χ0) is 9.81. The van der Waals surface area contributed by atoms with Crippen molar-refractivity contribution in [2.24, 2.45) is 0 Å². The molecule has 2 unspecified atom stereocenters. The number of rotatable bonds is 0. The van der Waals surface area contributed by atoms with E-state index in [0.29, 0.717) is 0 Å². The molecule has 1 aromatic carbocycles. The van der Waals surface area contributed by atoms with Gasteiger partial charge < -0.3 is 0 Å². The van der Waals surface area contributed by atoms with Gasteiger partial charge in [-0.05, 0) is 37.8 Å². The van der Waals surface area contributed by atoms with Gasteiger partial charge >= 0.3 is 0 Å². The second-order valence-electron chi connectivity index (χ2n) is 4.67. The van der Waals surface area contributed by atoms with Crippen LogP contribution in [0.3, 0.4) is 0 Å². The Bertz CT molecular complexity index is 339. The number of benzene rings is 1. The van der Waals surface area contributed by atoms with Crippen LogP contribution in [0.15, 0.2) is 24.3 Å². The zero-order valence-corrected chi connectivity index (χ0v) is 8.54. The first-order chi connectivity index (χ1) is 6.64. The van der Waals surface area contributed by atoms with E-state index in [2.05, 4.69) is 38.1 Å². The molecule has 2 bridgehead atoms. The first kappa shape index (κ1) is 8.45. The quantitative estimate of drug-likeness (QED) is 0.586. The van der Waals surface area contributed by atoms with Crippen LogP contribution in [0, 0.1) is 0 Å². The lowest BCUT2D eigenvalue weighted by Crippen LogP contribution is -2.47. The molecule has 4 rings (SSSR count). The molecule has 2 atom stereocenters. The lowest BCUT2D eigenvalue weighted by Gasteiger charge is -2.49. The fourth-order valence-corrected chi connectivity index (χ4v) is 2.51.